The van der Waals surface area contributed by atoms with E-state index in [9.17, 15) is 0 Å². The lowest BCUT2D eigenvalue weighted by Crippen LogP contribution is -2.29. The Morgan fingerprint density at radius 2 is 2.11 bits per heavy atom. The highest BCUT2D eigenvalue weighted by molar-refractivity contribution is 5.88. The smallest absolute Gasteiger partial charge is 0.137 e. The molecule has 1 saturated carbocycles. The normalized spacial score (nSPS) is 23.4. The molecule has 2 aromatic rings. The Balaban J connectivity index is 1.90. The van der Waals surface area contributed by atoms with Gasteiger partial charge in [-0.05, 0) is 37.4 Å². The highest BCUT2D eigenvalue weighted by Crippen LogP contribution is 2.29. The van der Waals surface area contributed by atoms with Crippen molar-refractivity contribution in [2.75, 3.05) is 11.9 Å². The van der Waals surface area contributed by atoms with Crippen molar-refractivity contribution in [2.45, 2.75) is 25.3 Å². The zero-order valence-corrected chi connectivity index (χ0v) is 10.3. The first kappa shape index (κ1) is 11.4. The van der Waals surface area contributed by atoms with Crippen molar-refractivity contribution in [2.24, 2.45) is 11.7 Å². The summed E-state index contributed by atoms with van der Waals surface area (Å²) < 4.78 is 0. The molecule has 0 amide bonds. The van der Waals surface area contributed by atoms with Gasteiger partial charge in [0.2, 0.25) is 0 Å². The van der Waals surface area contributed by atoms with Crippen LogP contribution in [0.2, 0.25) is 0 Å². The van der Waals surface area contributed by atoms with Gasteiger partial charge >= 0.3 is 0 Å². The molecule has 1 fully saturated rings. The number of rotatable bonds is 3. The maximum atomic E-state index is 5.82. The minimum Gasteiger partial charge on any atom is -0.366 e. The van der Waals surface area contributed by atoms with E-state index < -0.39 is 0 Å². The molecular weight excluding hydrogens is 224 g/mol. The van der Waals surface area contributed by atoms with Crippen molar-refractivity contribution < 1.29 is 0 Å². The maximum Gasteiger partial charge on any atom is 0.137 e. The summed E-state index contributed by atoms with van der Waals surface area (Å²) in [5.74, 6) is 1.50. The molecule has 0 bridgehead atoms. The van der Waals surface area contributed by atoms with Crippen LogP contribution in [0.25, 0.3) is 10.9 Å². The van der Waals surface area contributed by atoms with Gasteiger partial charge in [-0.25, -0.2) is 9.97 Å². The lowest BCUT2D eigenvalue weighted by Gasteiger charge is -2.20. The van der Waals surface area contributed by atoms with E-state index in [4.69, 9.17) is 5.73 Å². The zero-order chi connectivity index (χ0) is 12.4. The number of nitrogens with zero attached hydrogens (tertiary/aromatic N) is 2. The van der Waals surface area contributed by atoms with Crippen LogP contribution in [0.5, 0.6) is 0 Å². The van der Waals surface area contributed by atoms with Crippen molar-refractivity contribution in [3.8, 4) is 0 Å². The number of nitrogens with two attached hydrogens (primary N) is 1. The molecule has 2 unspecified atom stereocenters. The zero-order valence-electron chi connectivity index (χ0n) is 10.3. The first-order chi connectivity index (χ1) is 8.88. The van der Waals surface area contributed by atoms with Gasteiger partial charge in [-0.1, -0.05) is 18.6 Å². The molecule has 1 heterocycles. The predicted molar refractivity (Wildman–Crippen MR) is 73.3 cm³/mol. The molecule has 0 radical (unpaired) electrons. The molecule has 1 aromatic heterocycles. The van der Waals surface area contributed by atoms with Crippen molar-refractivity contribution in [3.63, 3.8) is 0 Å². The standard InChI is InChI=1S/C14H18N4/c15-8-10-4-3-7-12(10)18-14-11-5-1-2-6-13(11)16-9-17-14/h1-2,5-6,9-10,12H,3-4,7-8,15H2,(H,16,17,18). The monoisotopic (exact) mass is 242 g/mol. The highest BCUT2D eigenvalue weighted by Gasteiger charge is 2.26. The minimum absolute atomic E-state index is 0.452. The third kappa shape index (κ3) is 2.04. The fraction of sp³-hybridized carbons (Fsp3) is 0.429. The summed E-state index contributed by atoms with van der Waals surface area (Å²) in [6.07, 6.45) is 5.27. The minimum atomic E-state index is 0.452. The van der Waals surface area contributed by atoms with E-state index in [1.54, 1.807) is 6.33 Å². The van der Waals surface area contributed by atoms with Crippen molar-refractivity contribution in [3.05, 3.63) is 30.6 Å². The number of nitrogens with one attached hydrogen (secondary N) is 1. The van der Waals surface area contributed by atoms with Gasteiger partial charge in [0.25, 0.3) is 0 Å². The Morgan fingerprint density at radius 3 is 3.00 bits per heavy atom. The Hall–Kier alpha value is -1.68. The fourth-order valence-electron chi connectivity index (χ4n) is 2.80. The number of hydrogen-bond acceptors (Lipinski definition) is 4. The van der Waals surface area contributed by atoms with Gasteiger partial charge in [-0.2, -0.15) is 0 Å². The summed E-state index contributed by atoms with van der Waals surface area (Å²) in [4.78, 5) is 8.66. The summed E-state index contributed by atoms with van der Waals surface area (Å²) in [7, 11) is 0. The SMILES string of the molecule is NCC1CCCC1Nc1ncnc2ccccc12. The Morgan fingerprint density at radius 1 is 1.22 bits per heavy atom. The fourth-order valence-corrected chi connectivity index (χ4v) is 2.80. The molecule has 3 rings (SSSR count). The van der Waals surface area contributed by atoms with Crippen LogP contribution in [0.4, 0.5) is 5.82 Å². The first-order valence-corrected chi connectivity index (χ1v) is 6.55. The molecule has 0 aliphatic heterocycles. The van der Waals surface area contributed by atoms with E-state index in [-0.39, 0.29) is 0 Å². The third-order valence-corrected chi connectivity index (χ3v) is 3.83. The van der Waals surface area contributed by atoms with Gasteiger partial charge in [0, 0.05) is 11.4 Å². The lowest BCUT2D eigenvalue weighted by molar-refractivity contribution is 0.516. The topological polar surface area (TPSA) is 63.8 Å². The lowest BCUT2D eigenvalue weighted by atomic mass is 10.0. The number of hydrogen-bond donors (Lipinski definition) is 2. The molecule has 3 N–H and O–H groups in total. The Kier molecular flexibility index (Phi) is 3.11. The van der Waals surface area contributed by atoms with Crippen LogP contribution in [0.15, 0.2) is 30.6 Å². The molecular formula is C14H18N4. The predicted octanol–water partition coefficient (Wildman–Crippen LogP) is 2.17. The molecule has 1 aliphatic rings. The van der Waals surface area contributed by atoms with Crippen molar-refractivity contribution in [1.29, 1.82) is 0 Å². The second kappa shape index (κ2) is 4.90. The van der Waals surface area contributed by atoms with Crippen LogP contribution in [0.1, 0.15) is 19.3 Å². The van der Waals surface area contributed by atoms with Gasteiger partial charge < -0.3 is 11.1 Å². The summed E-state index contributed by atoms with van der Waals surface area (Å²) in [6.45, 7) is 0.751. The maximum absolute atomic E-state index is 5.82. The summed E-state index contributed by atoms with van der Waals surface area (Å²) in [6, 6.07) is 8.54. The van der Waals surface area contributed by atoms with Gasteiger partial charge in [0.05, 0.1) is 5.52 Å². The molecule has 4 heteroatoms. The van der Waals surface area contributed by atoms with Crippen LogP contribution in [0, 0.1) is 5.92 Å². The number of para-hydroxylation sites is 1. The Labute approximate surface area is 107 Å². The van der Waals surface area contributed by atoms with Crippen molar-refractivity contribution in [1.82, 2.24) is 9.97 Å². The molecule has 2 atom stereocenters. The van der Waals surface area contributed by atoms with Gasteiger partial charge in [0.1, 0.15) is 12.1 Å². The largest absolute Gasteiger partial charge is 0.366 e. The van der Waals surface area contributed by atoms with Gasteiger partial charge in [-0.15, -0.1) is 0 Å². The van der Waals surface area contributed by atoms with E-state index in [1.165, 1.54) is 19.3 Å². The first-order valence-electron chi connectivity index (χ1n) is 6.55. The van der Waals surface area contributed by atoms with Crippen LogP contribution in [-0.4, -0.2) is 22.6 Å². The third-order valence-electron chi connectivity index (χ3n) is 3.83. The molecule has 4 nitrogen and oxygen atoms in total. The van der Waals surface area contributed by atoms with Crippen LogP contribution in [-0.2, 0) is 0 Å². The van der Waals surface area contributed by atoms with E-state index in [1.807, 2.05) is 18.2 Å². The summed E-state index contributed by atoms with van der Waals surface area (Å²) in [5.41, 5.74) is 6.80. The van der Waals surface area contributed by atoms with Crippen LogP contribution in [0.3, 0.4) is 0 Å². The second-order valence-electron chi connectivity index (χ2n) is 4.92. The average molecular weight is 242 g/mol. The van der Waals surface area contributed by atoms with Crippen molar-refractivity contribution >= 4 is 16.7 Å². The average Bonchev–Trinajstić information content (AvgIpc) is 2.86. The molecule has 1 aliphatic carbocycles. The highest BCUT2D eigenvalue weighted by atomic mass is 15.0. The second-order valence-corrected chi connectivity index (χ2v) is 4.92. The number of anilines is 1. The summed E-state index contributed by atoms with van der Waals surface area (Å²) >= 11 is 0. The van der Waals surface area contributed by atoms with E-state index in [0.717, 1.165) is 23.3 Å². The van der Waals surface area contributed by atoms with Crippen LogP contribution < -0.4 is 11.1 Å². The van der Waals surface area contributed by atoms with E-state index in [0.29, 0.717) is 12.0 Å². The molecule has 0 saturated heterocycles. The molecule has 94 valence electrons. The van der Waals surface area contributed by atoms with E-state index >= 15 is 0 Å². The number of fused-ring (bicyclic) bond motifs is 1. The molecule has 1 aromatic carbocycles. The Bertz CT molecular complexity index is 535. The van der Waals surface area contributed by atoms with Gasteiger partial charge in [-0.3, -0.25) is 0 Å². The summed E-state index contributed by atoms with van der Waals surface area (Å²) in [5, 5.41) is 4.64. The van der Waals surface area contributed by atoms with Crippen LogP contribution >= 0.6 is 0 Å². The molecule has 0 spiro atoms. The number of benzene rings is 1. The molecule has 18 heavy (non-hydrogen) atoms. The number of aromatic nitrogens is 2. The van der Waals surface area contributed by atoms with E-state index in [2.05, 4.69) is 21.4 Å². The quantitative estimate of drug-likeness (QED) is 0.865. The van der Waals surface area contributed by atoms with Gasteiger partial charge in [0.15, 0.2) is 0 Å².